The number of pyridine rings is 1. The Hall–Kier alpha value is -4.13. The Kier molecular flexibility index (Phi) is 7.42. The Morgan fingerprint density at radius 3 is 2.44 bits per heavy atom. The molecule has 2 aromatic carbocycles. The van der Waals surface area contributed by atoms with E-state index in [-0.39, 0.29) is 11.2 Å². The Morgan fingerprint density at radius 2 is 1.72 bits per heavy atom. The van der Waals surface area contributed by atoms with Crippen LogP contribution in [-0.2, 0) is 0 Å². The van der Waals surface area contributed by atoms with Gasteiger partial charge in [-0.05, 0) is 86.7 Å². The largest absolute Gasteiger partial charge is 0.490 e. The van der Waals surface area contributed by atoms with Crippen molar-refractivity contribution in [1.82, 2.24) is 4.98 Å². The maximum absolute atomic E-state index is 14.0. The Bertz CT molecular complexity index is 1590. The van der Waals surface area contributed by atoms with Crippen molar-refractivity contribution in [3.05, 3.63) is 92.5 Å². The lowest BCUT2D eigenvalue weighted by atomic mass is 9.97. The summed E-state index contributed by atoms with van der Waals surface area (Å²) in [5.74, 6) is 1.29. The summed E-state index contributed by atoms with van der Waals surface area (Å²) in [5.41, 5.74) is 4.13. The van der Waals surface area contributed by atoms with E-state index in [0.717, 1.165) is 36.0 Å². The highest BCUT2D eigenvalue weighted by Crippen LogP contribution is 2.43. The monoisotopic (exact) mass is 526 g/mol. The number of fused-ring (bicyclic) bond motifs is 2. The van der Waals surface area contributed by atoms with Crippen LogP contribution in [0.1, 0.15) is 77.5 Å². The van der Waals surface area contributed by atoms with Gasteiger partial charge in [-0.2, -0.15) is 0 Å². The van der Waals surface area contributed by atoms with E-state index in [1.54, 1.807) is 17.2 Å². The van der Waals surface area contributed by atoms with E-state index < -0.39 is 11.9 Å². The van der Waals surface area contributed by atoms with Crippen LogP contribution in [0.3, 0.4) is 0 Å². The van der Waals surface area contributed by atoms with Crippen molar-refractivity contribution >= 4 is 22.7 Å². The van der Waals surface area contributed by atoms with Crippen molar-refractivity contribution in [3.63, 3.8) is 0 Å². The molecule has 4 aromatic rings. The third-order valence-electron chi connectivity index (χ3n) is 7.22. The lowest BCUT2D eigenvalue weighted by Gasteiger charge is -2.25. The summed E-state index contributed by atoms with van der Waals surface area (Å²) >= 11 is 0. The average molecular weight is 527 g/mol. The molecule has 1 aliphatic heterocycles. The van der Waals surface area contributed by atoms with Gasteiger partial charge in [-0.25, -0.2) is 4.98 Å². The molecule has 202 valence electrons. The molecule has 2 aromatic heterocycles. The van der Waals surface area contributed by atoms with Crippen molar-refractivity contribution in [1.29, 1.82) is 0 Å². The Labute approximate surface area is 228 Å². The van der Waals surface area contributed by atoms with Gasteiger partial charge in [-0.1, -0.05) is 31.9 Å². The molecule has 1 aliphatic rings. The van der Waals surface area contributed by atoms with Crippen LogP contribution in [0.2, 0.25) is 0 Å². The topological polar surface area (TPSA) is 81.9 Å². The van der Waals surface area contributed by atoms with Gasteiger partial charge in [0.15, 0.2) is 16.9 Å². The molecule has 0 fully saturated rings. The van der Waals surface area contributed by atoms with E-state index in [0.29, 0.717) is 52.6 Å². The number of rotatable bonds is 9. The summed E-state index contributed by atoms with van der Waals surface area (Å²) in [5, 5.41) is 0.453. The highest BCUT2D eigenvalue weighted by Gasteiger charge is 2.44. The number of nitrogens with zero attached hydrogens (tertiary/aromatic N) is 2. The molecular formula is C32H34N2O5. The van der Waals surface area contributed by atoms with Gasteiger partial charge in [0.05, 0.1) is 30.2 Å². The van der Waals surface area contributed by atoms with Crippen LogP contribution in [0.4, 0.5) is 5.82 Å². The van der Waals surface area contributed by atoms with Gasteiger partial charge in [0, 0.05) is 6.20 Å². The minimum absolute atomic E-state index is 0.0426. The average Bonchev–Trinajstić information content (AvgIpc) is 3.21. The molecule has 0 saturated heterocycles. The number of amides is 1. The van der Waals surface area contributed by atoms with E-state index >= 15 is 0 Å². The number of anilines is 1. The zero-order valence-electron chi connectivity index (χ0n) is 23.2. The molecule has 0 N–H and O–H groups in total. The van der Waals surface area contributed by atoms with Crippen LogP contribution in [0.25, 0.3) is 11.0 Å². The number of unbranched alkanes of at least 4 members (excludes halogenated alkanes) is 2. The smallest absolute Gasteiger partial charge is 0.296 e. The normalized spacial score (nSPS) is 14.6. The van der Waals surface area contributed by atoms with Crippen molar-refractivity contribution in [2.75, 3.05) is 18.1 Å². The zero-order chi connectivity index (χ0) is 27.7. The molecule has 5 rings (SSSR count). The van der Waals surface area contributed by atoms with Crippen LogP contribution in [0.5, 0.6) is 11.5 Å². The van der Waals surface area contributed by atoms with Crippen molar-refractivity contribution < 1.29 is 18.7 Å². The third-order valence-corrected chi connectivity index (χ3v) is 7.22. The highest BCUT2D eigenvalue weighted by atomic mass is 16.5. The van der Waals surface area contributed by atoms with Crippen LogP contribution < -0.4 is 19.8 Å². The summed E-state index contributed by atoms with van der Waals surface area (Å²) in [6.07, 6.45) is 4.85. The standard InChI is InChI=1S/C32H34N2O5/c1-6-8-9-14-38-24-12-11-22(17-26(24)37-7-2)29-28-30(35)23-15-20(4)21(5)16-25(23)39-31(28)32(36)34(29)27-13-10-19(3)18-33-27/h10-13,15-18,29H,6-9,14H2,1-5H3. The predicted molar refractivity (Wildman–Crippen MR) is 152 cm³/mol. The van der Waals surface area contributed by atoms with E-state index in [1.165, 1.54) is 0 Å². The van der Waals surface area contributed by atoms with Gasteiger partial charge in [-0.3, -0.25) is 14.5 Å². The first-order valence-electron chi connectivity index (χ1n) is 13.6. The second-order valence-electron chi connectivity index (χ2n) is 10.1. The van der Waals surface area contributed by atoms with Gasteiger partial charge in [0.25, 0.3) is 5.91 Å². The van der Waals surface area contributed by atoms with Gasteiger partial charge in [0.1, 0.15) is 11.4 Å². The number of aromatic nitrogens is 1. The van der Waals surface area contributed by atoms with E-state index in [2.05, 4.69) is 11.9 Å². The number of carbonyl (C=O) groups excluding carboxylic acids is 1. The number of benzene rings is 2. The molecule has 39 heavy (non-hydrogen) atoms. The maximum Gasteiger partial charge on any atom is 0.296 e. The van der Waals surface area contributed by atoms with E-state index in [9.17, 15) is 9.59 Å². The van der Waals surface area contributed by atoms with Crippen LogP contribution in [0, 0.1) is 20.8 Å². The molecule has 0 aliphatic carbocycles. The van der Waals surface area contributed by atoms with Gasteiger partial charge >= 0.3 is 0 Å². The molecule has 0 spiro atoms. The molecule has 0 bridgehead atoms. The Balaban J connectivity index is 1.69. The van der Waals surface area contributed by atoms with Crippen LogP contribution >= 0.6 is 0 Å². The van der Waals surface area contributed by atoms with Gasteiger partial charge in [0.2, 0.25) is 5.76 Å². The maximum atomic E-state index is 14.0. The minimum atomic E-state index is -0.738. The molecule has 7 nitrogen and oxygen atoms in total. The molecule has 0 radical (unpaired) electrons. The highest BCUT2D eigenvalue weighted by molar-refractivity contribution is 6.10. The van der Waals surface area contributed by atoms with Gasteiger partial charge in [-0.15, -0.1) is 0 Å². The predicted octanol–water partition coefficient (Wildman–Crippen LogP) is 6.83. The molecule has 1 atom stereocenters. The number of aryl methyl sites for hydroxylation is 3. The Morgan fingerprint density at radius 1 is 0.923 bits per heavy atom. The summed E-state index contributed by atoms with van der Waals surface area (Å²) in [6.45, 7) is 10.9. The summed E-state index contributed by atoms with van der Waals surface area (Å²) in [7, 11) is 0. The second kappa shape index (κ2) is 10.9. The van der Waals surface area contributed by atoms with Crippen LogP contribution in [0.15, 0.2) is 57.9 Å². The molecule has 1 unspecified atom stereocenters. The van der Waals surface area contributed by atoms with Crippen molar-refractivity contribution in [2.24, 2.45) is 0 Å². The minimum Gasteiger partial charge on any atom is -0.490 e. The van der Waals surface area contributed by atoms with Crippen LogP contribution in [-0.4, -0.2) is 24.1 Å². The fourth-order valence-electron chi connectivity index (χ4n) is 5.00. The van der Waals surface area contributed by atoms with Gasteiger partial charge < -0.3 is 13.9 Å². The molecule has 1 amide bonds. The SMILES string of the molecule is CCCCCOc1ccc(C2c3c(oc4cc(C)c(C)cc4c3=O)C(=O)N2c2ccc(C)cn2)cc1OCC. The number of carbonyl (C=O) groups is 1. The fraction of sp³-hybridized carbons (Fsp3) is 0.344. The number of hydrogen-bond acceptors (Lipinski definition) is 6. The summed E-state index contributed by atoms with van der Waals surface area (Å²) in [6, 6.07) is 12.2. The third kappa shape index (κ3) is 4.89. The second-order valence-corrected chi connectivity index (χ2v) is 10.1. The lowest BCUT2D eigenvalue weighted by molar-refractivity contribution is 0.0970. The number of ether oxygens (including phenoxy) is 2. The molecule has 0 saturated carbocycles. The quantitative estimate of drug-likeness (QED) is 0.222. The fourth-order valence-corrected chi connectivity index (χ4v) is 5.00. The number of hydrogen-bond donors (Lipinski definition) is 0. The first-order valence-corrected chi connectivity index (χ1v) is 13.6. The first-order chi connectivity index (χ1) is 18.8. The zero-order valence-corrected chi connectivity index (χ0v) is 23.2. The van der Waals surface area contributed by atoms with Crippen molar-refractivity contribution in [2.45, 2.75) is 59.9 Å². The van der Waals surface area contributed by atoms with E-state index in [1.807, 2.05) is 64.1 Å². The lowest BCUT2D eigenvalue weighted by Crippen LogP contribution is -2.30. The molecule has 3 heterocycles. The summed E-state index contributed by atoms with van der Waals surface area (Å²) in [4.78, 5) is 34.0. The summed E-state index contributed by atoms with van der Waals surface area (Å²) < 4.78 is 18.1. The molecular weight excluding hydrogens is 492 g/mol. The van der Waals surface area contributed by atoms with Crippen molar-refractivity contribution in [3.8, 4) is 11.5 Å². The first kappa shape index (κ1) is 26.5. The molecule has 7 heteroatoms. The van der Waals surface area contributed by atoms with E-state index in [4.69, 9.17) is 13.9 Å².